The first-order chi connectivity index (χ1) is 7.61. The van der Waals surface area contributed by atoms with Gasteiger partial charge in [0.15, 0.2) is 0 Å². The van der Waals surface area contributed by atoms with E-state index in [0.717, 1.165) is 30.5 Å². The molecule has 1 unspecified atom stereocenters. The standard InChI is InChI=1S/C13H19NOS/c1-9-6-4-5-7-14(9)13(15)12-8-16-11(3)10(12)2/h8-9H,4-7H2,1-3H3. The van der Waals surface area contributed by atoms with E-state index < -0.39 is 0 Å². The number of carbonyl (C=O) groups is 1. The summed E-state index contributed by atoms with van der Waals surface area (Å²) in [4.78, 5) is 15.7. The Bertz CT molecular complexity index is 397. The second kappa shape index (κ2) is 4.58. The monoisotopic (exact) mass is 237 g/mol. The van der Waals surface area contributed by atoms with Crippen molar-refractivity contribution in [1.82, 2.24) is 4.90 Å². The Balaban J connectivity index is 2.21. The minimum absolute atomic E-state index is 0.231. The van der Waals surface area contributed by atoms with Gasteiger partial charge in [-0.25, -0.2) is 0 Å². The van der Waals surface area contributed by atoms with E-state index in [1.165, 1.54) is 11.3 Å². The summed E-state index contributed by atoms with van der Waals surface area (Å²) in [5.74, 6) is 0.231. The van der Waals surface area contributed by atoms with Crippen molar-refractivity contribution in [2.24, 2.45) is 0 Å². The molecular formula is C13H19NOS. The third-order valence-corrected chi connectivity index (χ3v) is 4.59. The van der Waals surface area contributed by atoms with E-state index >= 15 is 0 Å². The van der Waals surface area contributed by atoms with Crippen LogP contribution < -0.4 is 0 Å². The Kier molecular flexibility index (Phi) is 3.33. The number of hydrogen-bond acceptors (Lipinski definition) is 2. The lowest BCUT2D eigenvalue weighted by atomic mass is 10.0. The van der Waals surface area contributed by atoms with Gasteiger partial charge in [0.25, 0.3) is 5.91 Å². The molecule has 1 aromatic rings. The summed E-state index contributed by atoms with van der Waals surface area (Å²) in [6.07, 6.45) is 3.55. The summed E-state index contributed by atoms with van der Waals surface area (Å²) in [5.41, 5.74) is 2.07. The summed E-state index contributed by atoms with van der Waals surface area (Å²) in [6, 6.07) is 0.404. The van der Waals surface area contributed by atoms with Gasteiger partial charge in [-0.3, -0.25) is 4.79 Å². The molecule has 88 valence electrons. The maximum atomic E-state index is 12.4. The maximum absolute atomic E-state index is 12.4. The molecule has 0 aromatic carbocycles. The molecule has 1 aliphatic rings. The molecule has 0 bridgehead atoms. The van der Waals surface area contributed by atoms with Crippen LogP contribution in [-0.4, -0.2) is 23.4 Å². The Hall–Kier alpha value is -0.830. The Morgan fingerprint density at radius 1 is 1.44 bits per heavy atom. The Labute approximate surface area is 101 Å². The van der Waals surface area contributed by atoms with Gasteiger partial charge < -0.3 is 4.90 Å². The molecule has 1 aliphatic heterocycles. The summed E-state index contributed by atoms with van der Waals surface area (Å²) in [7, 11) is 0. The second-order valence-corrected chi connectivity index (χ2v) is 5.76. The minimum atomic E-state index is 0.231. The highest BCUT2D eigenvalue weighted by Crippen LogP contribution is 2.25. The molecule has 2 nitrogen and oxygen atoms in total. The van der Waals surface area contributed by atoms with Gasteiger partial charge in [0, 0.05) is 22.8 Å². The second-order valence-electron chi connectivity index (χ2n) is 4.67. The number of amides is 1. The number of hydrogen-bond donors (Lipinski definition) is 0. The van der Waals surface area contributed by atoms with Gasteiger partial charge in [-0.1, -0.05) is 0 Å². The molecule has 1 fully saturated rings. The van der Waals surface area contributed by atoms with E-state index in [1.807, 2.05) is 17.2 Å². The van der Waals surface area contributed by atoms with Gasteiger partial charge in [-0.2, -0.15) is 0 Å². The van der Waals surface area contributed by atoms with Gasteiger partial charge in [-0.05, 0) is 45.6 Å². The molecule has 1 amide bonds. The first-order valence-corrected chi connectivity index (χ1v) is 6.85. The first kappa shape index (κ1) is 11.6. The highest BCUT2D eigenvalue weighted by Gasteiger charge is 2.25. The van der Waals surface area contributed by atoms with Gasteiger partial charge in [0.05, 0.1) is 5.56 Å². The van der Waals surface area contributed by atoms with E-state index in [1.54, 1.807) is 11.3 Å². The van der Waals surface area contributed by atoms with Crippen LogP contribution in [-0.2, 0) is 0 Å². The molecule has 2 heterocycles. The molecule has 0 saturated carbocycles. The predicted molar refractivity (Wildman–Crippen MR) is 68.1 cm³/mol. The van der Waals surface area contributed by atoms with Crippen molar-refractivity contribution in [1.29, 1.82) is 0 Å². The molecule has 0 aliphatic carbocycles. The van der Waals surface area contributed by atoms with E-state index in [2.05, 4.69) is 13.8 Å². The van der Waals surface area contributed by atoms with E-state index in [0.29, 0.717) is 6.04 Å². The number of thiophene rings is 1. The van der Waals surface area contributed by atoms with Crippen LogP contribution in [0.5, 0.6) is 0 Å². The molecule has 0 spiro atoms. The average Bonchev–Trinajstić information content (AvgIpc) is 2.60. The molecular weight excluding hydrogens is 218 g/mol. The number of piperidine rings is 1. The van der Waals surface area contributed by atoms with Crippen LogP contribution in [0.4, 0.5) is 0 Å². The van der Waals surface area contributed by atoms with E-state index in [4.69, 9.17) is 0 Å². The zero-order chi connectivity index (χ0) is 11.7. The van der Waals surface area contributed by atoms with Crippen molar-refractivity contribution < 1.29 is 4.79 Å². The predicted octanol–water partition coefficient (Wildman–Crippen LogP) is 3.38. The topological polar surface area (TPSA) is 20.3 Å². The molecule has 1 saturated heterocycles. The van der Waals surface area contributed by atoms with Crippen LogP contribution in [0.25, 0.3) is 0 Å². The van der Waals surface area contributed by atoms with Crippen molar-refractivity contribution in [3.05, 3.63) is 21.4 Å². The lowest BCUT2D eigenvalue weighted by Gasteiger charge is -2.33. The number of likely N-dealkylation sites (tertiary alicyclic amines) is 1. The Morgan fingerprint density at radius 3 is 2.75 bits per heavy atom. The fourth-order valence-corrected chi connectivity index (χ4v) is 3.14. The highest BCUT2D eigenvalue weighted by atomic mass is 32.1. The minimum Gasteiger partial charge on any atom is -0.336 e. The van der Waals surface area contributed by atoms with Gasteiger partial charge in [-0.15, -0.1) is 11.3 Å². The zero-order valence-corrected chi connectivity index (χ0v) is 11.1. The van der Waals surface area contributed by atoms with Crippen molar-refractivity contribution >= 4 is 17.2 Å². The lowest BCUT2D eigenvalue weighted by Crippen LogP contribution is -2.42. The fourth-order valence-electron chi connectivity index (χ4n) is 2.28. The van der Waals surface area contributed by atoms with Crippen molar-refractivity contribution in [3.8, 4) is 0 Å². The van der Waals surface area contributed by atoms with Gasteiger partial charge in [0.1, 0.15) is 0 Å². The lowest BCUT2D eigenvalue weighted by molar-refractivity contribution is 0.0635. The van der Waals surface area contributed by atoms with Crippen LogP contribution in [0.3, 0.4) is 0 Å². The van der Waals surface area contributed by atoms with Crippen molar-refractivity contribution in [2.45, 2.75) is 46.1 Å². The van der Waals surface area contributed by atoms with Crippen LogP contribution in [0.2, 0.25) is 0 Å². The number of rotatable bonds is 1. The van der Waals surface area contributed by atoms with Crippen LogP contribution >= 0.6 is 11.3 Å². The molecule has 0 radical (unpaired) electrons. The molecule has 16 heavy (non-hydrogen) atoms. The summed E-state index contributed by atoms with van der Waals surface area (Å²) in [6.45, 7) is 7.21. The molecule has 0 N–H and O–H groups in total. The third-order valence-electron chi connectivity index (χ3n) is 3.58. The van der Waals surface area contributed by atoms with Gasteiger partial charge in [0.2, 0.25) is 0 Å². The zero-order valence-electron chi connectivity index (χ0n) is 10.2. The van der Waals surface area contributed by atoms with Crippen LogP contribution in [0.1, 0.15) is 47.0 Å². The number of carbonyl (C=O) groups excluding carboxylic acids is 1. The number of nitrogens with zero attached hydrogens (tertiary/aromatic N) is 1. The fraction of sp³-hybridized carbons (Fsp3) is 0.615. The third kappa shape index (κ3) is 2.01. The quantitative estimate of drug-likeness (QED) is 0.733. The van der Waals surface area contributed by atoms with Crippen molar-refractivity contribution in [2.75, 3.05) is 6.54 Å². The van der Waals surface area contributed by atoms with E-state index in [-0.39, 0.29) is 5.91 Å². The molecule has 1 atom stereocenters. The Morgan fingerprint density at radius 2 is 2.19 bits per heavy atom. The van der Waals surface area contributed by atoms with Crippen molar-refractivity contribution in [3.63, 3.8) is 0 Å². The molecule has 3 heteroatoms. The van der Waals surface area contributed by atoms with Gasteiger partial charge >= 0.3 is 0 Å². The normalized spacial score (nSPS) is 21.2. The average molecular weight is 237 g/mol. The highest BCUT2D eigenvalue weighted by molar-refractivity contribution is 7.10. The largest absolute Gasteiger partial charge is 0.336 e. The smallest absolute Gasteiger partial charge is 0.255 e. The van der Waals surface area contributed by atoms with Crippen LogP contribution in [0.15, 0.2) is 5.38 Å². The summed E-state index contributed by atoms with van der Waals surface area (Å²) in [5, 5.41) is 2.01. The number of aryl methyl sites for hydroxylation is 1. The summed E-state index contributed by atoms with van der Waals surface area (Å²) < 4.78 is 0. The maximum Gasteiger partial charge on any atom is 0.255 e. The molecule has 1 aromatic heterocycles. The SMILES string of the molecule is Cc1scc(C(=O)N2CCCCC2C)c1C. The summed E-state index contributed by atoms with van der Waals surface area (Å²) >= 11 is 1.68. The molecule has 2 rings (SSSR count). The first-order valence-electron chi connectivity index (χ1n) is 5.97. The van der Waals surface area contributed by atoms with E-state index in [9.17, 15) is 4.79 Å². The van der Waals surface area contributed by atoms with Crippen LogP contribution in [0, 0.1) is 13.8 Å².